The van der Waals surface area contributed by atoms with E-state index in [1.54, 1.807) is 0 Å². The first kappa shape index (κ1) is 12.8. The molecule has 0 bridgehead atoms. The van der Waals surface area contributed by atoms with Crippen molar-refractivity contribution in [3.8, 4) is 0 Å². The van der Waals surface area contributed by atoms with Crippen LogP contribution in [0.4, 0.5) is 5.69 Å². The molecule has 2 rings (SSSR count). The number of hydrogen-bond donors (Lipinski definition) is 1. The van der Waals surface area contributed by atoms with Crippen LogP contribution in [-0.4, -0.2) is 24.9 Å². The molecule has 1 N–H and O–H groups in total. The molecule has 0 radical (unpaired) electrons. The fourth-order valence-electron chi connectivity index (χ4n) is 2.46. The molecule has 1 heterocycles. The molecule has 1 aliphatic heterocycles. The highest BCUT2D eigenvalue weighted by Gasteiger charge is 2.50. The highest BCUT2D eigenvalue weighted by atomic mass is 16.5. The second-order valence-corrected chi connectivity index (χ2v) is 4.41. The molecule has 1 aliphatic rings. The highest BCUT2D eigenvalue weighted by molar-refractivity contribution is 6.20. The summed E-state index contributed by atoms with van der Waals surface area (Å²) < 4.78 is 5.30. The van der Waals surface area contributed by atoms with Gasteiger partial charge in [-0.25, -0.2) is 0 Å². The Hall–Kier alpha value is -1.68. The normalized spacial score (nSPS) is 21.6. The van der Waals surface area contributed by atoms with Crippen LogP contribution >= 0.6 is 0 Å². The van der Waals surface area contributed by atoms with Crippen LogP contribution in [0.2, 0.25) is 0 Å². The van der Waals surface area contributed by atoms with Crippen molar-refractivity contribution >= 4 is 17.4 Å². The molecule has 4 heteroatoms. The summed E-state index contributed by atoms with van der Waals surface area (Å²) in [4.78, 5) is 24.2. The van der Waals surface area contributed by atoms with E-state index >= 15 is 0 Å². The van der Waals surface area contributed by atoms with Crippen LogP contribution in [0.25, 0.3) is 0 Å². The zero-order valence-corrected chi connectivity index (χ0v) is 10.7. The van der Waals surface area contributed by atoms with E-state index in [1.807, 2.05) is 31.2 Å². The van der Waals surface area contributed by atoms with E-state index in [2.05, 4.69) is 5.32 Å². The van der Waals surface area contributed by atoms with Gasteiger partial charge in [-0.3, -0.25) is 9.59 Å². The minimum absolute atomic E-state index is 0.135. The van der Waals surface area contributed by atoms with Crippen LogP contribution < -0.4 is 5.32 Å². The Morgan fingerprint density at radius 3 is 2.78 bits per heavy atom. The molecule has 0 fully saturated rings. The van der Waals surface area contributed by atoms with E-state index in [0.717, 1.165) is 11.3 Å². The van der Waals surface area contributed by atoms with Gasteiger partial charge in [0.15, 0.2) is 0 Å². The van der Waals surface area contributed by atoms with Crippen molar-refractivity contribution in [2.24, 2.45) is 0 Å². The summed E-state index contributed by atoms with van der Waals surface area (Å²) in [6.45, 7) is 4.34. The van der Waals surface area contributed by atoms with Crippen LogP contribution in [0.1, 0.15) is 25.8 Å². The average Bonchev–Trinajstić information content (AvgIpc) is 2.63. The molecule has 0 saturated heterocycles. The fraction of sp³-hybridized carbons (Fsp3) is 0.429. The molecular formula is C14H17NO3. The maximum atomic E-state index is 12.2. The van der Waals surface area contributed by atoms with Gasteiger partial charge in [0.1, 0.15) is 11.2 Å². The topological polar surface area (TPSA) is 55.4 Å². The predicted molar refractivity (Wildman–Crippen MR) is 68.5 cm³/mol. The van der Waals surface area contributed by atoms with Crippen molar-refractivity contribution < 1.29 is 14.3 Å². The van der Waals surface area contributed by atoms with Gasteiger partial charge in [-0.05, 0) is 31.9 Å². The third-order valence-electron chi connectivity index (χ3n) is 3.45. The lowest BCUT2D eigenvalue weighted by Gasteiger charge is -2.24. The molecule has 0 spiro atoms. The molecule has 1 amide bonds. The van der Waals surface area contributed by atoms with E-state index < -0.39 is 5.41 Å². The first-order chi connectivity index (χ1) is 8.63. The van der Waals surface area contributed by atoms with Crippen molar-refractivity contribution in [2.75, 3.05) is 18.5 Å². The summed E-state index contributed by atoms with van der Waals surface area (Å²) in [5.74, 6) is -0.374. The van der Waals surface area contributed by atoms with Gasteiger partial charge in [0, 0.05) is 18.9 Å². The number of amides is 1. The Kier molecular flexibility index (Phi) is 3.48. The first-order valence-corrected chi connectivity index (χ1v) is 6.12. The molecule has 0 aliphatic carbocycles. The van der Waals surface area contributed by atoms with Gasteiger partial charge in [-0.2, -0.15) is 0 Å². The van der Waals surface area contributed by atoms with Crippen molar-refractivity contribution in [1.82, 2.24) is 0 Å². The number of benzene rings is 1. The summed E-state index contributed by atoms with van der Waals surface area (Å²) in [6, 6.07) is 7.34. The maximum Gasteiger partial charge on any atom is 0.242 e. The smallest absolute Gasteiger partial charge is 0.242 e. The summed E-state index contributed by atoms with van der Waals surface area (Å²) in [5, 5.41) is 2.78. The van der Waals surface area contributed by atoms with E-state index in [0.29, 0.717) is 19.6 Å². The van der Waals surface area contributed by atoms with Crippen LogP contribution in [0.5, 0.6) is 0 Å². The number of ether oxygens (including phenoxy) is 1. The number of anilines is 1. The molecule has 0 aromatic heterocycles. The lowest BCUT2D eigenvalue weighted by Crippen LogP contribution is -2.42. The predicted octanol–water partition coefficient (Wildman–Crippen LogP) is 1.89. The van der Waals surface area contributed by atoms with Crippen LogP contribution in [-0.2, 0) is 19.7 Å². The van der Waals surface area contributed by atoms with E-state index in [4.69, 9.17) is 4.74 Å². The Morgan fingerprint density at radius 1 is 1.39 bits per heavy atom. The fourth-order valence-corrected chi connectivity index (χ4v) is 2.46. The number of carbonyl (C=O) groups excluding carboxylic acids is 2. The van der Waals surface area contributed by atoms with E-state index in [1.165, 1.54) is 6.92 Å². The summed E-state index contributed by atoms with van der Waals surface area (Å²) in [7, 11) is 0. The van der Waals surface area contributed by atoms with Crippen molar-refractivity contribution in [3.05, 3.63) is 29.8 Å². The number of fused-ring (bicyclic) bond motifs is 1. The van der Waals surface area contributed by atoms with Crippen molar-refractivity contribution in [2.45, 2.75) is 25.7 Å². The van der Waals surface area contributed by atoms with Crippen molar-refractivity contribution in [1.29, 1.82) is 0 Å². The molecule has 4 nitrogen and oxygen atoms in total. The average molecular weight is 247 g/mol. The number of ketones is 1. The molecular weight excluding hydrogens is 230 g/mol. The van der Waals surface area contributed by atoms with Gasteiger partial charge in [0.25, 0.3) is 0 Å². The van der Waals surface area contributed by atoms with Crippen molar-refractivity contribution in [3.63, 3.8) is 0 Å². The number of carbonyl (C=O) groups is 2. The second-order valence-electron chi connectivity index (χ2n) is 4.41. The third-order valence-corrected chi connectivity index (χ3v) is 3.45. The molecule has 1 unspecified atom stereocenters. The Morgan fingerprint density at radius 2 is 2.11 bits per heavy atom. The number of nitrogens with one attached hydrogen (secondary N) is 1. The van der Waals surface area contributed by atoms with E-state index in [9.17, 15) is 9.59 Å². The molecule has 1 aromatic carbocycles. The monoisotopic (exact) mass is 247 g/mol. The van der Waals surface area contributed by atoms with Gasteiger partial charge in [-0.1, -0.05) is 18.2 Å². The lowest BCUT2D eigenvalue weighted by molar-refractivity contribution is -0.132. The zero-order valence-electron chi connectivity index (χ0n) is 10.7. The quantitative estimate of drug-likeness (QED) is 0.638. The second kappa shape index (κ2) is 4.90. The maximum absolute atomic E-state index is 12.2. The van der Waals surface area contributed by atoms with Gasteiger partial charge in [0.05, 0.1) is 0 Å². The molecule has 96 valence electrons. The third kappa shape index (κ3) is 1.82. The Balaban J connectivity index is 2.40. The van der Waals surface area contributed by atoms with Gasteiger partial charge >= 0.3 is 0 Å². The minimum atomic E-state index is -1.08. The number of hydrogen-bond acceptors (Lipinski definition) is 3. The SMILES string of the molecule is CCOCCC1(C(C)=O)C(=O)Nc2ccccc21. The molecule has 0 saturated carbocycles. The largest absolute Gasteiger partial charge is 0.382 e. The molecule has 1 atom stereocenters. The summed E-state index contributed by atoms with van der Waals surface area (Å²) in [5.41, 5.74) is 0.419. The number of Topliss-reactive ketones (excluding diaryl/α,β-unsaturated/α-hetero) is 1. The standard InChI is InChI=1S/C14H17NO3/c1-3-18-9-8-14(10(2)16)11-6-4-5-7-12(11)15-13(14)17/h4-7H,3,8-9H2,1-2H3,(H,15,17). The van der Waals surface area contributed by atoms with E-state index in [-0.39, 0.29) is 11.7 Å². The molecule has 1 aromatic rings. The number of para-hydroxylation sites is 1. The Labute approximate surface area is 106 Å². The first-order valence-electron chi connectivity index (χ1n) is 6.12. The highest BCUT2D eigenvalue weighted by Crippen LogP contribution is 2.40. The van der Waals surface area contributed by atoms with Gasteiger partial charge in [0.2, 0.25) is 5.91 Å². The van der Waals surface area contributed by atoms with Crippen LogP contribution in [0, 0.1) is 0 Å². The summed E-state index contributed by atoms with van der Waals surface area (Å²) in [6.07, 6.45) is 0.388. The van der Waals surface area contributed by atoms with Gasteiger partial charge < -0.3 is 10.1 Å². The zero-order chi connectivity index (χ0) is 13.2. The molecule has 18 heavy (non-hydrogen) atoms. The van der Waals surface area contributed by atoms with Gasteiger partial charge in [-0.15, -0.1) is 0 Å². The van der Waals surface area contributed by atoms with Crippen LogP contribution in [0.3, 0.4) is 0 Å². The minimum Gasteiger partial charge on any atom is -0.382 e. The lowest BCUT2D eigenvalue weighted by atomic mass is 9.75. The number of rotatable bonds is 5. The Bertz CT molecular complexity index is 484. The summed E-state index contributed by atoms with van der Waals surface area (Å²) >= 11 is 0. The van der Waals surface area contributed by atoms with Crippen LogP contribution in [0.15, 0.2) is 24.3 Å².